The first-order valence-electron chi connectivity index (χ1n) is 11.4. The molecule has 0 bridgehead atoms. The maximum atomic E-state index is 13.3. The molecule has 1 heterocycles. The van der Waals surface area contributed by atoms with Crippen molar-refractivity contribution in [1.29, 1.82) is 0 Å². The van der Waals surface area contributed by atoms with Crippen LogP contribution in [0.5, 0.6) is 5.75 Å². The molecule has 1 aromatic carbocycles. The number of hydrogen-bond acceptors (Lipinski definition) is 6. The van der Waals surface area contributed by atoms with Crippen LogP contribution in [0.1, 0.15) is 62.7 Å². The van der Waals surface area contributed by atoms with Gasteiger partial charge in [-0.3, -0.25) is 14.4 Å². The number of benzene rings is 1. The first-order valence-corrected chi connectivity index (χ1v) is 11.4. The Bertz CT molecular complexity index is 863. The van der Waals surface area contributed by atoms with Gasteiger partial charge in [0.05, 0.1) is 11.8 Å². The average Bonchev–Trinajstić information content (AvgIpc) is 3.33. The second-order valence-corrected chi connectivity index (χ2v) is 9.56. The molecule has 8 heteroatoms. The van der Waals surface area contributed by atoms with Gasteiger partial charge in [-0.2, -0.15) is 0 Å². The third kappa shape index (κ3) is 5.41. The number of nitrogens with one attached hydrogen (secondary N) is 2. The maximum Gasteiger partial charge on any atom is 0.252 e. The van der Waals surface area contributed by atoms with E-state index in [4.69, 9.17) is 4.74 Å². The minimum absolute atomic E-state index is 0.000977. The lowest BCUT2D eigenvalue weighted by Crippen LogP contribution is -2.54. The van der Waals surface area contributed by atoms with Gasteiger partial charge in [0.1, 0.15) is 24.4 Å². The van der Waals surface area contributed by atoms with E-state index in [2.05, 4.69) is 17.6 Å². The molecule has 0 aromatic heterocycles. The second-order valence-electron chi connectivity index (χ2n) is 9.56. The SMILES string of the molecule is CC[C@@H]1OCC(=O)[C@H]1NC(=O)[C@H](CC1(C)CCCC1)NC(=O)c1ccc(O)c(N(C)C)c1. The van der Waals surface area contributed by atoms with Gasteiger partial charge >= 0.3 is 0 Å². The van der Waals surface area contributed by atoms with E-state index in [9.17, 15) is 19.5 Å². The molecule has 1 saturated carbocycles. The van der Waals surface area contributed by atoms with E-state index in [0.717, 1.165) is 25.7 Å². The molecular formula is C24H35N3O5. The summed E-state index contributed by atoms with van der Waals surface area (Å²) in [5, 5.41) is 15.8. The van der Waals surface area contributed by atoms with Crippen molar-refractivity contribution < 1.29 is 24.2 Å². The molecule has 1 saturated heterocycles. The minimum atomic E-state index is -0.770. The normalized spacial score (nSPS) is 23.1. The zero-order valence-corrected chi connectivity index (χ0v) is 19.4. The van der Waals surface area contributed by atoms with Crippen LogP contribution >= 0.6 is 0 Å². The molecule has 176 valence electrons. The third-order valence-electron chi connectivity index (χ3n) is 6.71. The zero-order valence-electron chi connectivity index (χ0n) is 19.4. The topological polar surface area (TPSA) is 108 Å². The highest BCUT2D eigenvalue weighted by Crippen LogP contribution is 2.41. The Morgan fingerprint density at radius 1 is 1.28 bits per heavy atom. The fourth-order valence-corrected chi connectivity index (χ4v) is 4.76. The summed E-state index contributed by atoms with van der Waals surface area (Å²) in [4.78, 5) is 40.3. The first-order chi connectivity index (χ1) is 15.1. The van der Waals surface area contributed by atoms with Gasteiger partial charge in [-0.1, -0.05) is 26.7 Å². The standard InChI is InChI=1S/C24H35N3O5/c1-5-20-21(19(29)14-32-20)26-23(31)16(13-24(2)10-6-7-11-24)25-22(30)15-8-9-18(28)17(12-15)27(3)4/h8-9,12,16,20-21,28H,5-7,10-11,13-14H2,1-4H3,(H,25,30)(H,26,31)/t16-,20-,21+/m0/s1. The molecule has 3 atom stereocenters. The largest absolute Gasteiger partial charge is 0.506 e. The summed E-state index contributed by atoms with van der Waals surface area (Å²) >= 11 is 0. The summed E-state index contributed by atoms with van der Waals surface area (Å²) < 4.78 is 5.48. The molecule has 0 radical (unpaired) electrons. The fraction of sp³-hybridized carbons (Fsp3) is 0.625. The molecule has 3 N–H and O–H groups in total. The number of rotatable bonds is 8. The lowest BCUT2D eigenvalue weighted by Gasteiger charge is -2.30. The Morgan fingerprint density at radius 3 is 2.59 bits per heavy atom. The predicted molar refractivity (Wildman–Crippen MR) is 122 cm³/mol. The number of nitrogens with zero attached hydrogens (tertiary/aromatic N) is 1. The number of carbonyl (C=O) groups excluding carboxylic acids is 3. The summed E-state index contributed by atoms with van der Waals surface area (Å²) in [6, 6.07) is 3.15. The van der Waals surface area contributed by atoms with Crippen LogP contribution in [-0.4, -0.2) is 61.6 Å². The van der Waals surface area contributed by atoms with Crippen molar-refractivity contribution in [2.24, 2.45) is 5.41 Å². The Balaban J connectivity index is 1.79. The summed E-state index contributed by atoms with van der Waals surface area (Å²) in [7, 11) is 3.55. The van der Waals surface area contributed by atoms with Crippen LogP contribution in [0, 0.1) is 5.41 Å². The Labute approximate surface area is 189 Å². The quantitative estimate of drug-likeness (QED) is 0.567. The summed E-state index contributed by atoms with van der Waals surface area (Å²) in [6.07, 6.45) is 4.99. The van der Waals surface area contributed by atoms with E-state index >= 15 is 0 Å². The lowest BCUT2D eigenvalue weighted by atomic mass is 9.81. The molecular weight excluding hydrogens is 410 g/mol. The monoisotopic (exact) mass is 445 g/mol. The molecule has 2 fully saturated rings. The van der Waals surface area contributed by atoms with Crippen LogP contribution in [0.3, 0.4) is 0 Å². The van der Waals surface area contributed by atoms with Crippen molar-refractivity contribution >= 4 is 23.3 Å². The number of anilines is 1. The number of amides is 2. The number of ether oxygens (including phenoxy) is 1. The number of phenolic OH excluding ortho intramolecular Hbond substituents is 1. The van der Waals surface area contributed by atoms with Crippen LogP contribution < -0.4 is 15.5 Å². The molecule has 3 rings (SSSR count). The lowest BCUT2D eigenvalue weighted by molar-refractivity contribution is -0.128. The number of carbonyl (C=O) groups is 3. The van der Waals surface area contributed by atoms with E-state index < -0.39 is 18.0 Å². The minimum Gasteiger partial charge on any atom is -0.506 e. The smallest absolute Gasteiger partial charge is 0.252 e. The van der Waals surface area contributed by atoms with E-state index in [1.165, 1.54) is 12.1 Å². The number of Topliss-reactive ketones (excluding diaryl/α,β-unsaturated/α-hetero) is 1. The van der Waals surface area contributed by atoms with Crippen molar-refractivity contribution in [3.63, 3.8) is 0 Å². The highest BCUT2D eigenvalue weighted by molar-refractivity contribution is 5.99. The van der Waals surface area contributed by atoms with E-state index in [0.29, 0.717) is 24.1 Å². The van der Waals surface area contributed by atoms with Crippen molar-refractivity contribution in [1.82, 2.24) is 10.6 Å². The van der Waals surface area contributed by atoms with E-state index in [-0.39, 0.29) is 35.6 Å². The first kappa shape index (κ1) is 24.0. The average molecular weight is 446 g/mol. The van der Waals surface area contributed by atoms with Gasteiger partial charge in [0.2, 0.25) is 5.91 Å². The molecule has 1 aliphatic carbocycles. The van der Waals surface area contributed by atoms with Gasteiger partial charge < -0.3 is 25.4 Å². The van der Waals surface area contributed by atoms with Gasteiger partial charge in [-0.05, 0) is 49.3 Å². The maximum absolute atomic E-state index is 13.3. The van der Waals surface area contributed by atoms with Crippen LogP contribution in [0.25, 0.3) is 0 Å². The number of hydrogen-bond donors (Lipinski definition) is 3. The molecule has 32 heavy (non-hydrogen) atoms. The molecule has 0 spiro atoms. The van der Waals surface area contributed by atoms with Crippen LogP contribution in [0.2, 0.25) is 0 Å². The van der Waals surface area contributed by atoms with Crippen molar-refractivity contribution in [2.75, 3.05) is 25.6 Å². The molecule has 0 unspecified atom stereocenters. The van der Waals surface area contributed by atoms with Crippen molar-refractivity contribution in [3.05, 3.63) is 23.8 Å². The van der Waals surface area contributed by atoms with Crippen molar-refractivity contribution in [3.8, 4) is 5.75 Å². The highest BCUT2D eigenvalue weighted by Gasteiger charge is 2.39. The summed E-state index contributed by atoms with van der Waals surface area (Å²) in [6.45, 7) is 4.06. The Morgan fingerprint density at radius 2 is 1.97 bits per heavy atom. The van der Waals surface area contributed by atoms with Crippen molar-refractivity contribution in [2.45, 2.75) is 70.6 Å². The number of ketones is 1. The second kappa shape index (κ2) is 9.90. The third-order valence-corrected chi connectivity index (χ3v) is 6.71. The Hall–Kier alpha value is -2.61. The molecule has 1 aromatic rings. The predicted octanol–water partition coefficient (Wildman–Crippen LogP) is 2.39. The van der Waals surface area contributed by atoms with Crippen LogP contribution in [0.15, 0.2) is 18.2 Å². The van der Waals surface area contributed by atoms with E-state index in [1.807, 2.05) is 6.92 Å². The summed E-state index contributed by atoms with van der Waals surface area (Å²) in [5.41, 5.74) is 0.827. The van der Waals surface area contributed by atoms with Gasteiger partial charge in [-0.15, -0.1) is 0 Å². The molecule has 1 aliphatic heterocycles. The van der Waals surface area contributed by atoms with Gasteiger partial charge in [0, 0.05) is 19.7 Å². The van der Waals surface area contributed by atoms with Gasteiger partial charge in [0.15, 0.2) is 5.78 Å². The van der Waals surface area contributed by atoms with Gasteiger partial charge in [-0.25, -0.2) is 0 Å². The number of phenols is 1. The van der Waals surface area contributed by atoms with Gasteiger partial charge in [0.25, 0.3) is 5.91 Å². The Kier molecular flexibility index (Phi) is 7.44. The number of aromatic hydroxyl groups is 1. The fourth-order valence-electron chi connectivity index (χ4n) is 4.76. The molecule has 2 aliphatic rings. The molecule has 8 nitrogen and oxygen atoms in total. The summed E-state index contributed by atoms with van der Waals surface area (Å²) in [5.74, 6) is -0.822. The highest BCUT2D eigenvalue weighted by atomic mass is 16.5. The van der Waals surface area contributed by atoms with Crippen LogP contribution in [0.4, 0.5) is 5.69 Å². The molecule has 2 amide bonds. The van der Waals surface area contributed by atoms with E-state index in [1.54, 1.807) is 25.1 Å². The van der Waals surface area contributed by atoms with Crippen LogP contribution in [-0.2, 0) is 14.3 Å². The zero-order chi connectivity index (χ0) is 23.5.